The molecule has 0 fully saturated rings. The van der Waals surface area contributed by atoms with Gasteiger partial charge in [0, 0.05) is 5.56 Å². The summed E-state index contributed by atoms with van der Waals surface area (Å²) in [5.74, 6) is -0.0534. The highest BCUT2D eigenvalue weighted by Gasteiger charge is 2.32. The van der Waals surface area contributed by atoms with E-state index in [1.54, 1.807) is 37.3 Å². The van der Waals surface area contributed by atoms with Crippen LogP contribution in [0.3, 0.4) is 0 Å². The number of carbonyl (C=O) groups excluding carboxylic acids is 2. The second-order valence-corrected chi connectivity index (χ2v) is 5.95. The SMILES string of the molecule is CCCOc1ccc(/C=C2/C(=O)N(C(=O)c3ccccc3)N=C2C)cc1. The lowest BCUT2D eigenvalue weighted by atomic mass is 10.1. The average molecular weight is 348 g/mol. The molecule has 1 heterocycles. The number of hydrazone groups is 1. The summed E-state index contributed by atoms with van der Waals surface area (Å²) in [7, 11) is 0. The third-order valence-electron chi connectivity index (χ3n) is 3.94. The molecule has 26 heavy (non-hydrogen) atoms. The lowest BCUT2D eigenvalue weighted by molar-refractivity contribution is -0.123. The maximum atomic E-state index is 12.6. The standard InChI is InChI=1S/C21H20N2O3/c1-3-13-26-18-11-9-16(10-12-18)14-19-15(2)22-23(21(19)25)20(24)17-7-5-4-6-8-17/h4-12,14H,3,13H2,1-2H3/b19-14+. The number of nitrogens with zero attached hydrogens (tertiary/aromatic N) is 2. The van der Waals surface area contributed by atoms with Crippen LogP contribution in [-0.2, 0) is 4.79 Å². The zero-order valence-corrected chi connectivity index (χ0v) is 14.8. The summed E-state index contributed by atoms with van der Waals surface area (Å²) < 4.78 is 5.56. The highest BCUT2D eigenvalue weighted by molar-refractivity contribution is 6.30. The molecule has 3 rings (SSSR count). The Morgan fingerprint density at radius 1 is 1.12 bits per heavy atom. The van der Waals surface area contributed by atoms with Crippen molar-refractivity contribution in [1.82, 2.24) is 5.01 Å². The van der Waals surface area contributed by atoms with Crippen molar-refractivity contribution in [3.63, 3.8) is 0 Å². The smallest absolute Gasteiger partial charge is 0.283 e. The normalized spacial score (nSPS) is 15.3. The first-order chi connectivity index (χ1) is 12.6. The van der Waals surface area contributed by atoms with Crippen molar-refractivity contribution in [2.45, 2.75) is 20.3 Å². The van der Waals surface area contributed by atoms with Crippen molar-refractivity contribution in [2.24, 2.45) is 5.10 Å². The Kier molecular flexibility index (Phi) is 5.27. The van der Waals surface area contributed by atoms with Crippen LogP contribution in [0.5, 0.6) is 5.75 Å². The summed E-state index contributed by atoms with van der Waals surface area (Å²) in [4.78, 5) is 25.1. The van der Waals surface area contributed by atoms with Crippen LogP contribution in [0.15, 0.2) is 65.3 Å². The number of rotatable bonds is 5. The van der Waals surface area contributed by atoms with Gasteiger partial charge in [-0.3, -0.25) is 9.59 Å². The minimum absolute atomic E-state index is 0.413. The van der Waals surface area contributed by atoms with Gasteiger partial charge in [-0.2, -0.15) is 10.1 Å². The Morgan fingerprint density at radius 2 is 1.81 bits per heavy atom. The van der Waals surface area contributed by atoms with Crippen molar-refractivity contribution in [2.75, 3.05) is 6.61 Å². The molecule has 2 aromatic carbocycles. The first-order valence-corrected chi connectivity index (χ1v) is 8.54. The number of hydrogen-bond donors (Lipinski definition) is 0. The molecule has 0 radical (unpaired) electrons. The quantitative estimate of drug-likeness (QED) is 0.608. The molecule has 132 valence electrons. The van der Waals surface area contributed by atoms with Crippen molar-refractivity contribution in [3.05, 3.63) is 71.3 Å². The number of hydrogen-bond acceptors (Lipinski definition) is 4. The highest BCUT2D eigenvalue weighted by atomic mass is 16.5. The van der Waals surface area contributed by atoms with Gasteiger partial charge in [-0.25, -0.2) is 0 Å². The highest BCUT2D eigenvalue weighted by Crippen LogP contribution is 2.22. The van der Waals surface area contributed by atoms with Crippen LogP contribution in [0.1, 0.15) is 36.2 Å². The van der Waals surface area contributed by atoms with E-state index in [9.17, 15) is 9.59 Å². The minimum Gasteiger partial charge on any atom is -0.494 e. The molecular weight excluding hydrogens is 328 g/mol. The van der Waals surface area contributed by atoms with Gasteiger partial charge in [0.15, 0.2) is 0 Å². The maximum Gasteiger partial charge on any atom is 0.283 e. The molecule has 1 aliphatic rings. The van der Waals surface area contributed by atoms with E-state index in [2.05, 4.69) is 12.0 Å². The molecule has 0 saturated heterocycles. The Bertz CT molecular complexity index is 868. The van der Waals surface area contributed by atoms with E-state index in [1.165, 1.54) is 0 Å². The predicted molar refractivity (Wildman–Crippen MR) is 101 cm³/mol. The largest absolute Gasteiger partial charge is 0.494 e. The molecule has 2 amide bonds. The minimum atomic E-state index is -0.429. The Balaban J connectivity index is 1.79. The lowest BCUT2D eigenvalue weighted by Crippen LogP contribution is -2.29. The van der Waals surface area contributed by atoms with Crippen LogP contribution in [0, 0.1) is 0 Å². The number of amides is 2. The van der Waals surface area contributed by atoms with Gasteiger partial charge in [-0.1, -0.05) is 37.3 Å². The van der Waals surface area contributed by atoms with Crippen LogP contribution in [-0.4, -0.2) is 29.1 Å². The van der Waals surface area contributed by atoms with Gasteiger partial charge in [-0.15, -0.1) is 0 Å². The zero-order valence-electron chi connectivity index (χ0n) is 14.8. The molecular formula is C21H20N2O3. The molecule has 5 nitrogen and oxygen atoms in total. The topological polar surface area (TPSA) is 59.0 Å². The number of benzene rings is 2. The molecule has 0 aromatic heterocycles. The van der Waals surface area contributed by atoms with Crippen LogP contribution in [0.25, 0.3) is 6.08 Å². The molecule has 0 N–H and O–H groups in total. The Hall–Kier alpha value is -3.21. The second-order valence-electron chi connectivity index (χ2n) is 5.95. The van der Waals surface area contributed by atoms with Crippen molar-refractivity contribution in [3.8, 4) is 5.75 Å². The van der Waals surface area contributed by atoms with Crippen molar-refractivity contribution < 1.29 is 14.3 Å². The van der Waals surface area contributed by atoms with E-state index in [0.29, 0.717) is 23.5 Å². The number of ether oxygens (including phenoxy) is 1. The molecule has 5 heteroatoms. The predicted octanol–water partition coefficient (Wildman–Crippen LogP) is 3.92. The molecule has 0 saturated carbocycles. The van der Waals surface area contributed by atoms with E-state index in [0.717, 1.165) is 22.7 Å². The second kappa shape index (κ2) is 7.78. The zero-order chi connectivity index (χ0) is 18.5. The van der Waals surface area contributed by atoms with Gasteiger partial charge in [0.05, 0.1) is 17.9 Å². The lowest BCUT2D eigenvalue weighted by Gasteiger charge is -2.09. The van der Waals surface area contributed by atoms with Gasteiger partial charge in [-0.05, 0) is 49.2 Å². The summed E-state index contributed by atoms with van der Waals surface area (Å²) in [6.07, 6.45) is 2.68. The molecule has 1 aliphatic heterocycles. The van der Waals surface area contributed by atoms with Crippen LogP contribution < -0.4 is 4.74 Å². The van der Waals surface area contributed by atoms with E-state index in [-0.39, 0.29) is 0 Å². The Morgan fingerprint density at radius 3 is 2.46 bits per heavy atom. The van der Waals surface area contributed by atoms with Crippen LogP contribution >= 0.6 is 0 Å². The Labute approximate surface area is 152 Å². The molecule has 0 bridgehead atoms. The summed E-state index contributed by atoms with van der Waals surface area (Å²) >= 11 is 0. The van der Waals surface area contributed by atoms with E-state index in [4.69, 9.17) is 4.74 Å². The fourth-order valence-electron chi connectivity index (χ4n) is 2.57. The fourth-order valence-corrected chi connectivity index (χ4v) is 2.57. The van der Waals surface area contributed by atoms with Gasteiger partial charge < -0.3 is 4.74 Å². The first-order valence-electron chi connectivity index (χ1n) is 8.54. The van der Waals surface area contributed by atoms with Gasteiger partial charge >= 0.3 is 0 Å². The van der Waals surface area contributed by atoms with Crippen molar-refractivity contribution >= 4 is 23.6 Å². The van der Waals surface area contributed by atoms with Gasteiger partial charge in [0.1, 0.15) is 5.75 Å². The monoisotopic (exact) mass is 348 g/mol. The molecule has 0 atom stereocenters. The maximum absolute atomic E-state index is 12.6. The third kappa shape index (κ3) is 3.72. The van der Waals surface area contributed by atoms with E-state index >= 15 is 0 Å². The molecule has 0 aliphatic carbocycles. The summed E-state index contributed by atoms with van der Waals surface area (Å²) in [5.41, 5.74) is 2.21. The third-order valence-corrected chi connectivity index (χ3v) is 3.94. The fraction of sp³-hybridized carbons (Fsp3) is 0.190. The molecule has 2 aromatic rings. The molecule has 0 spiro atoms. The van der Waals surface area contributed by atoms with Crippen LogP contribution in [0.2, 0.25) is 0 Å². The number of carbonyl (C=O) groups is 2. The first kappa shape index (κ1) is 17.6. The summed E-state index contributed by atoms with van der Waals surface area (Å²) in [6, 6.07) is 16.1. The van der Waals surface area contributed by atoms with Gasteiger partial charge in [0.2, 0.25) is 0 Å². The van der Waals surface area contributed by atoms with E-state index in [1.807, 2.05) is 30.3 Å². The van der Waals surface area contributed by atoms with Crippen LogP contribution in [0.4, 0.5) is 0 Å². The summed E-state index contributed by atoms with van der Waals surface area (Å²) in [6.45, 7) is 4.44. The van der Waals surface area contributed by atoms with Gasteiger partial charge in [0.25, 0.3) is 11.8 Å². The van der Waals surface area contributed by atoms with E-state index < -0.39 is 11.8 Å². The average Bonchev–Trinajstić information content (AvgIpc) is 2.95. The number of imide groups is 1. The van der Waals surface area contributed by atoms with Crippen molar-refractivity contribution in [1.29, 1.82) is 0 Å². The molecule has 0 unspecified atom stereocenters. The summed E-state index contributed by atoms with van der Waals surface area (Å²) in [5, 5.41) is 5.07.